The zero-order valence-electron chi connectivity index (χ0n) is 16.9. The molecule has 1 aromatic heterocycles. The molecule has 0 bridgehead atoms. The Morgan fingerprint density at radius 2 is 1.72 bits per heavy atom. The number of carbonyl (C=O) groups is 1. The summed E-state index contributed by atoms with van der Waals surface area (Å²) in [6.45, 7) is 5.63. The van der Waals surface area contributed by atoms with E-state index in [4.69, 9.17) is 4.98 Å². The predicted molar refractivity (Wildman–Crippen MR) is 120 cm³/mol. The van der Waals surface area contributed by atoms with Crippen LogP contribution in [-0.4, -0.2) is 52.9 Å². The molecule has 3 aromatic rings. The highest BCUT2D eigenvalue weighted by Gasteiger charge is 2.29. The number of rotatable bonds is 3. The van der Waals surface area contributed by atoms with Gasteiger partial charge in [-0.05, 0) is 30.5 Å². The van der Waals surface area contributed by atoms with Gasteiger partial charge in [0.15, 0.2) is 0 Å². The Kier molecular flexibility index (Phi) is 5.10. The van der Waals surface area contributed by atoms with Crippen LogP contribution in [0.2, 0.25) is 0 Å². The molecule has 0 atom stereocenters. The maximum absolute atomic E-state index is 13.2. The Balaban J connectivity index is 1.36. The maximum Gasteiger partial charge on any atom is 0.265 e. The van der Waals surface area contributed by atoms with E-state index in [2.05, 4.69) is 47.4 Å². The first-order valence-corrected chi connectivity index (χ1v) is 11.5. The number of piperazine rings is 1. The van der Waals surface area contributed by atoms with Crippen LogP contribution in [0.4, 0.5) is 0 Å². The lowest BCUT2D eigenvalue weighted by atomic mass is 10.1. The summed E-state index contributed by atoms with van der Waals surface area (Å²) < 4.78 is 0. The number of nitrogens with zero attached hydrogens (tertiary/aromatic N) is 3. The van der Waals surface area contributed by atoms with Gasteiger partial charge in [0.2, 0.25) is 0 Å². The van der Waals surface area contributed by atoms with Gasteiger partial charge in [-0.25, -0.2) is 4.98 Å². The first kappa shape index (κ1) is 18.8. The van der Waals surface area contributed by atoms with Crippen LogP contribution in [0.3, 0.4) is 0 Å². The van der Waals surface area contributed by atoms with Gasteiger partial charge >= 0.3 is 0 Å². The highest BCUT2D eigenvalue weighted by molar-refractivity contribution is 7.17. The molecule has 2 aromatic carbocycles. The third-order valence-corrected chi connectivity index (χ3v) is 7.63. The lowest BCUT2D eigenvalue weighted by Gasteiger charge is -2.37. The predicted octanol–water partition coefficient (Wildman–Crippen LogP) is 4.97. The maximum atomic E-state index is 13.2. The fourth-order valence-corrected chi connectivity index (χ4v) is 5.90. The Morgan fingerprint density at radius 3 is 2.52 bits per heavy atom. The SMILES string of the molecule is Cc1nc(-c2cccc3ccccc23)sc1C(=O)N1CCN(C2CCCC2)CC1. The molecule has 1 saturated carbocycles. The molecule has 1 amide bonds. The van der Waals surface area contributed by atoms with Gasteiger partial charge in [0.1, 0.15) is 9.88 Å². The number of hydrogen-bond donors (Lipinski definition) is 0. The molecule has 4 nitrogen and oxygen atoms in total. The summed E-state index contributed by atoms with van der Waals surface area (Å²) in [7, 11) is 0. The van der Waals surface area contributed by atoms with Crippen LogP contribution in [0, 0.1) is 6.92 Å². The first-order valence-electron chi connectivity index (χ1n) is 10.7. The molecule has 2 aliphatic rings. The van der Waals surface area contributed by atoms with Gasteiger partial charge in [0.25, 0.3) is 5.91 Å². The van der Waals surface area contributed by atoms with E-state index in [1.807, 2.05) is 11.8 Å². The molecule has 0 spiro atoms. The summed E-state index contributed by atoms with van der Waals surface area (Å²) in [5, 5.41) is 3.33. The first-order chi connectivity index (χ1) is 14.2. The molecule has 1 aliphatic heterocycles. The minimum absolute atomic E-state index is 0.151. The molecule has 2 heterocycles. The van der Waals surface area contributed by atoms with Crippen LogP contribution in [0.5, 0.6) is 0 Å². The van der Waals surface area contributed by atoms with E-state index < -0.39 is 0 Å². The second-order valence-corrected chi connectivity index (χ2v) is 9.23. The molecule has 150 valence electrons. The van der Waals surface area contributed by atoms with E-state index in [9.17, 15) is 4.79 Å². The van der Waals surface area contributed by atoms with Gasteiger partial charge in [-0.2, -0.15) is 0 Å². The van der Waals surface area contributed by atoms with E-state index >= 15 is 0 Å². The molecule has 5 heteroatoms. The summed E-state index contributed by atoms with van der Waals surface area (Å²) in [5.41, 5.74) is 1.96. The quantitative estimate of drug-likeness (QED) is 0.617. The minimum atomic E-state index is 0.151. The van der Waals surface area contributed by atoms with Crippen LogP contribution < -0.4 is 0 Å². The van der Waals surface area contributed by atoms with E-state index in [0.717, 1.165) is 53.4 Å². The summed E-state index contributed by atoms with van der Waals surface area (Å²) in [5.74, 6) is 0.151. The van der Waals surface area contributed by atoms with Crippen LogP contribution in [0.15, 0.2) is 42.5 Å². The standard InChI is InChI=1S/C24H27N3OS/c1-17-22(24(28)27-15-13-26(14-16-27)19-9-3-4-10-19)29-23(25-17)21-12-6-8-18-7-2-5-11-20(18)21/h2,5-8,11-12,19H,3-4,9-10,13-16H2,1H3. The van der Waals surface area contributed by atoms with Crippen LogP contribution in [0.1, 0.15) is 41.0 Å². The van der Waals surface area contributed by atoms with Crippen molar-refractivity contribution in [1.82, 2.24) is 14.8 Å². The van der Waals surface area contributed by atoms with E-state index in [-0.39, 0.29) is 5.91 Å². The number of benzene rings is 2. The number of aromatic nitrogens is 1. The average Bonchev–Trinajstić information content (AvgIpc) is 3.43. The monoisotopic (exact) mass is 405 g/mol. The van der Waals surface area contributed by atoms with Crippen LogP contribution in [0.25, 0.3) is 21.3 Å². The van der Waals surface area contributed by atoms with Gasteiger partial charge in [0, 0.05) is 37.8 Å². The smallest absolute Gasteiger partial charge is 0.265 e. The van der Waals surface area contributed by atoms with Crippen LogP contribution in [-0.2, 0) is 0 Å². The molecule has 1 aliphatic carbocycles. The van der Waals surface area contributed by atoms with Crippen molar-refractivity contribution >= 4 is 28.0 Å². The van der Waals surface area contributed by atoms with Crippen molar-refractivity contribution in [3.05, 3.63) is 53.0 Å². The number of thiazole rings is 1. The molecular formula is C24H27N3OS. The number of amides is 1. The summed E-state index contributed by atoms with van der Waals surface area (Å²) >= 11 is 1.54. The van der Waals surface area contributed by atoms with Crippen molar-refractivity contribution in [2.75, 3.05) is 26.2 Å². The lowest BCUT2D eigenvalue weighted by molar-refractivity contribution is 0.0577. The van der Waals surface area contributed by atoms with E-state index in [0.29, 0.717) is 0 Å². The van der Waals surface area contributed by atoms with Crippen molar-refractivity contribution in [2.24, 2.45) is 0 Å². The number of hydrogen-bond acceptors (Lipinski definition) is 4. The fraction of sp³-hybridized carbons (Fsp3) is 0.417. The molecule has 2 fully saturated rings. The Morgan fingerprint density at radius 1 is 1.00 bits per heavy atom. The van der Waals surface area contributed by atoms with Crippen molar-refractivity contribution in [3.8, 4) is 10.6 Å². The zero-order chi connectivity index (χ0) is 19.8. The van der Waals surface area contributed by atoms with Gasteiger partial charge in [-0.1, -0.05) is 55.3 Å². The third-order valence-electron chi connectivity index (χ3n) is 6.45. The molecule has 0 radical (unpaired) electrons. The number of aryl methyl sites for hydroxylation is 1. The molecule has 1 saturated heterocycles. The van der Waals surface area contributed by atoms with Gasteiger partial charge < -0.3 is 4.90 Å². The van der Waals surface area contributed by atoms with E-state index in [1.54, 1.807) is 0 Å². The second-order valence-electron chi connectivity index (χ2n) is 8.23. The number of fused-ring (bicyclic) bond motifs is 1. The molecular weight excluding hydrogens is 378 g/mol. The Bertz CT molecular complexity index is 1020. The topological polar surface area (TPSA) is 36.4 Å². The fourth-order valence-electron chi connectivity index (χ4n) is 4.83. The van der Waals surface area contributed by atoms with Crippen molar-refractivity contribution in [3.63, 3.8) is 0 Å². The van der Waals surface area contributed by atoms with Gasteiger partial charge in [0.05, 0.1) is 5.69 Å². The minimum Gasteiger partial charge on any atom is -0.335 e. The third kappa shape index (κ3) is 3.58. The Hall–Kier alpha value is -2.24. The molecule has 0 N–H and O–H groups in total. The van der Waals surface area contributed by atoms with Gasteiger partial charge in [-0.15, -0.1) is 11.3 Å². The van der Waals surface area contributed by atoms with Crippen molar-refractivity contribution in [1.29, 1.82) is 0 Å². The van der Waals surface area contributed by atoms with E-state index in [1.165, 1.54) is 47.8 Å². The summed E-state index contributed by atoms with van der Waals surface area (Å²) in [6.07, 6.45) is 5.38. The van der Waals surface area contributed by atoms with Crippen molar-refractivity contribution < 1.29 is 4.79 Å². The Labute approximate surface area is 176 Å². The molecule has 29 heavy (non-hydrogen) atoms. The molecule has 5 rings (SSSR count). The lowest BCUT2D eigenvalue weighted by Crippen LogP contribution is -2.51. The highest BCUT2D eigenvalue weighted by atomic mass is 32.1. The summed E-state index contributed by atoms with van der Waals surface area (Å²) in [6, 6.07) is 15.4. The second kappa shape index (κ2) is 7.88. The zero-order valence-corrected chi connectivity index (χ0v) is 17.8. The molecule has 0 unspecified atom stereocenters. The van der Waals surface area contributed by atoms with Crippen molar-refractivity contribution in [2.45, 2.75) is 38.6 Å². The number of carbonyl (C=O) groups excluding carboxylic acids is 1. The van der Waals surface area contributed by atoms with Gasteiger partial charge in [-0.3, -0.25) is 9.69 Å². The van der Waals surface area contributed by atoms with Crippen LogP contribution >= 0.6 is 11.3 Å². The normalized spacial score (nSPS) is 18.6. The average molecular weight is 406 g/mol. The highest BCUT2D eigenvalue weighted by Crippen LogP contribution is 2.34. The largest absolute Gasteiger partial charge is 0.335 e. The summed E-state index contributed by atoms with van der Waals surface area (Å²) in [4.78, 5) is 23.4.